The van der Waals surface area contributed by atoms with Gasteiger partial charge in [-0.25, -0.2) is 28.6 Å². The van der Waals surface area contributed by atoms with Crippen molar-refractivity contribution in [2.45, 2.75) is 64.8 Å². The number of carbonyl (C=O) groups is 2. The van der Waals surface area contributed by atoms with E-state index in [1.807, 2.05) is 19.9 Å². The van der Waals surface area contributed by atoms with E-state index in [-0.39, 0.29) is 35.9 Å². The van der Waals surface area contributed by atoms with Gasteiger partial charge in [-0.2, -0.15) is 4.31 Å². The normalized spacial score (nSPS) is 22.8. The molecule has 3 heterocycles. The lowest BCUT2D eigenvalue weighted by molar-refractivity contribution is -0.137. The van der Waals surface area contributed by atoms with Crippen molar-refractivity contribution in [3.05, 3.63) is 23.6 Å². The molecule has 3 unspecified atom stereocenters. The molecule has 0 radical (unpaired) electrons. The number of nitrogens with one attached hydrogen (secondary N) is 2. The van der Waals surface area contributed by atoms with Gasteiger partial charge in [0.2, 0.25) is 11.8 Å². The molecule has 0 spiro atoms. The number of nitrogens with two attached hydrogens (primary N) is 1. The summed E-state index contributed by atoms with van der Waals surface area (Å²) in [5.41, 5.74) is 4.31. The number of phosphoric acid groups is 3. The van der Waals surface area contributed by atoms with Gasteiger partial charge in [0.1, 0.15) is 36.3 Å². The quantitative estimate of drug-likeness (QED) is 0.0630. The molecule has 52 heavy (non-hydrogen) atoms. The maximum atomic E-state index is 12.6. The topological polar surface area (TPSA) is 347 Å². The first-order valence-electron chi connectivity index (χ1n) is 15.2. The third kappa shape index (κ3) is 12.9. The number of phosphoric ester groups is 3. The number of nitrogen functional groups attached to an aromatic ring is 1. The summed E-state index contributed by atoms with van der Waals surface area (Å²) >= 11 is 1.57. The number of amides is 2. The highest BCUT2D eigenvalue weighted by Crippen LogP contribution is 2.61. The van der Waals surface area contributed by atoms with Crippen molar-refractivity contribution in [1.29, 1.82) is 0 Å². The number of hydrogen-bond donors (Lipinski definition) is 9. The molecular weight excluding hydrogens is 779 g/mol. The lowest BCUT2D eigenvalue weighted by Gasteiger charge is -2.30. The number of allylic oxidation sites excluding steroid dienone is 2. The summed E-state index contributed by atoms with van der Waals surface area (Å²) < 4.78 is 62.0. The van der Waals surface area contributed by atoms with Crippen LogP contribution in [0.25, 0.3) is 11.2 Å². The Morgan fingerprint density at radius 1 is 1.12 bits per heavy atom. The number of anilines is 1. The highest BCUT2D eigenvalue weighted by molar-refractivity contribution is 8.03. The fourth-order valence-electron chi connectivity index (χ4n) is 4.43. The Kier molecular flexibility index (Phi) is 15.5. The third-order valence-corrected chi connectivity index (χ3v) is 11.4. The van der Waals surface area contributed by atoms with Crippen LogP contribution in [0.4, 0.5) is 5.82 Å². The van der Waals surface area contributed by atoms with Gasteiger partial charge in [-0.05, 0) is 18.8 Å². The predicted molar refractivity (Wildman–Crippen MR) is 182 cm³/mol. The van der Waals surface area contributed by atoms with E-state index in [1.54, 1.807) is 11.8 Å². The first kappa shape index (κ1) is 44.0. The standard InChI is InChI=1S/C25H42N7O16P3S/c1-5-14(2)52-9-8-27-16(33)6-7-28-23(36)20(35)25(3,4)11-45-51(42,43)48-50(40,41)44-10-15-19(47-49(37,38)39)18(34)24(46-15)32-13-31-17-21(26)29-12-30-22(17)32/h5,12-13,15,18-20,24,34-35H,6-11H2,1-4H3,(H,27,33)(H,28,36)(H,40,41)(H,42,43)(H2,26,29,30)(H2,37,38,39)/b14-5-/t15-,18-,19-,20?,24-/m1/s1. The lowest BCUT2D eigenvalue weighted by Crippen LogP contribution is -2.46. The first-order chi connectivity index (χ1) is 24.1. The summed E-state index contributed by atoms with van der Waals surface area (Å²) in [5, 5.41) is 26.4. The largest absolute Gasteiger partial charge is 0.481 e. The molecule has 1 fully saturated rings. The minimum absolute atomic E-state index is 0.0354. The second-order valence-corrected chi connectivity index (χ2v) is 17.4. The van der Waals surface area contributed by atoms with Gasteiger partial charge in [0, 0.05) is 30.7 Å². The number of rotatable bonds is 20. The fraction of sp³-hybridized carbons (Fsp3) is 0.640. The van der Waals surface area contributed by atoms with Crippen LogP contribution in [0.2, 0.25) is 0 Å². The van der Waals surface area contributed by atoms with E-state index >= 15 is 0 Å². The van der Waals surface area contributed by atoms with E-state index in [4.69, 9.17) is 19.5 Å². The van der Waals surface area contributed by atoms with Gasteiger partial charge in [-0.3, -0.25) is 27.7 Å². The molecule has 1 saturated heterocycles. The number of aromatic nitrogens is 4. The Balaban J connectivity index is 1.54. The molecular formula is C25H42N7O16P3S. The number of carbonyl (C=O) groups excluding carboxylic acids is 2. The van der Waals surface area contributed by atoms with Gasteiger partial charge in [-0.1, -0.05) is 19.9 Å². The summed E-state index contributed by atoms with van der Waals surface area (Å²) in [6, 6.07) is 0. The van der Waals surface area contributed by atoms with Gasteiger partial charge in [0.15, 0.2) is 17.7 Å². The summed E-state index contributed by atoms with van der Waals surface area (Å²) in [6.45, 7) is 4.68. The molecule has 0 saturated carbocycles. The zero-order valence-corrected chi connectivity index (χ0v) is 31.7. The summed E-state index contributed by atoms with van der Waals surface area (Å²) in [7, 11) is -16.3. The van der Waals surface area contributed by atoms with Crippen LogP contribution in [0.1, 0.15) is 40.3 Å². The zero-order valence-electron chi connectivity index (χ0n) is 28.2. The van der Waals surface area contributed by atoms with Crippen molar-refractivity contribution >= 4 is 64.0 Å². The first-order valence-corrected chi connectivity index (χ1v) is 20.7. The molecule has 0 aliphatic carbocycles. The van der Waals surface area contributed by atoms with Crippen molar-refractivity contribution in [2.24, 2.45) is 5.41 Å². The van der Waals surface area contributed by atoms with E-state index in [9.17, 15) is 53.1 Å². The Morgan fingerprint density at radius 3 is 2.44 bits per heavy atom. The van der Waals surface area contributed by atoms with E-state index in [0.29, 0.717) is 12.3 Å². The maximum absolute atomic E-state index is 12.6. The number of aliphatic hydroxyl groups excluding tert-OH is 2. The molecule has 27 heteroatoms. The average molecular weight is 822 g/mol. The second kappa shape index (κ2) is 18.3. The van der Waals surface area contributed by atoms with Crippen LogP contribution >= 0.6 is 35.2 Å². The summed E-state index contributed by atoms with van der Waals surface area (Å²) in [4.78, 5) is 76.4. The monoisotopic (exact) mass is 821 g/mol. The molecule has 23 nitrogen and oxygen atoms in total. The molecule has 0 bridgehead atoms. The molecule has 3 rings (SSSR count). The Hall–Kier alpha value is -2.37. The van der Waals surface area contributed by atoms with Crippen molar-refractivity contribution < 1.29 is 75.7 Å². The van der Waals surface area contributed by atoms with Crippen molar-refractivity contribution in [3.8, 4) is 0 Å². The summed E-state index contributed by atoms with van der Waals surface area (Å²) in [5.74, 6) is -0.650. The van der Waals surface area contributed by atoms with Crippen LogP contribution in [0.15, 0.2) is 23.6 Å². The van der Waals surface area contributed by atoms with Crippen LogP contribution in [0.5, 0.6) is 0 Å². The highest BCUT2D eigenvalue weighted by Gasteiger charge is 2.50. The molecule has 2 amide bonds. The molecule has 10 N–H and O–H groups in total. The average Bonchev–Trinajstić information content (AvgIpc) is 3.60. The molecule has 1 aliphatic rings. The van der Waals surface area contributed by atoms with Gasteiger partial charge >= 0.3 is 23.5 Å². The van der Waals surface area contributed by atoms with Crippen LogP contribution in [-0.2, 0) is 45.9 Å². The van der Waals surface area contributed by atoms with Gasteiger partial charge in [0.05, 0.1) is 19.5 Å². The Bertz CT molecular complexity index is 1740. The molecule has 2 aromatic rings. The SMILES string of the molecule is C/C=C(/C)SCCNC(=O)CCNC(=O)C(O)C(C)(C)COP(=O)(O)OP(=O)(O)OC[C@H]1O[C@@H](n2cnc3c(N)ncnc32)[C@H](O)[C@@H]1OP(=O)(O)O. The number of thioether (sulfide) groups is 1. The van der Waals surface area contributed by atoms with Gasteiger partial charge < -0.3 is 50.9 Å². The van der Waals surface area contributed by atoms with E-state index in [0.717, 1.165) is 22.1 Å². The summed E-state index contributed by atoms with van der Waals surface area (Å²) in [6.07, 6.45) is -4.79. The Labute approximate surface area is 301 Å². The van der Waals surface area contributed by atoms with Crippen LogP contribution in [0.3, 0.4) is 0 Å². The number of imidazole rings is 1. The second-order valence-electron chi connectivity index (χ2n) is 11.8. The number of aliphatic hydroxyl groups is 2. The minimum Gasteiger partial charge on any atom is -0.386 e. The molecule has 7 atom stereocenters. The lowest BCUT2D eigenvalue weighted by atomic mass is 9.87. The van der Waals surface area contributed by atoms with Crippen LogP contribution < -0.4 is 16.4 Å². The van der Waals surface area contributed by atoms with Gasteiger partial charge in [-0.15, -0.1) is 11.8 Å². The van der Waals surface area contributed by atoms with E-state index in [1.165, 1.54) is 13.8 Å². The predicted octanol–water partition coefficient (Wildman–Crippen LogP) is 0.0618. The molecule has 0 aromatic carbocycles. The molecule has 2 aromatic heterocycles. The smallest absolute Gasteiger partial charge is 0.386 e. The zero-order chi connectivity index (χ0) is 39.1. The van der Waals surface area contributed by atoms with Crippen molar-refractivity contribution in [1.82, 2.24) is 30.2 Å². The molecule has 1 aliphatic heterocycles. The molecule has 294 valence electrons. The van der Waals surface area contributed by atoms with Gasteiger partial charge in [0.25, 0.3) is 0 Å². The van der Waals surface area contributed by atoms with Crippen LogP contribution in [0, 0.1) is 5.41 Å². The maximum Gasteiger partial charge on any atom is 0.481 e. The number of ether oxygens (including phenoxy) is 1. The number of fused-ring (bicyclic) bond motifs is 1. The minimum atomic E-state index is -5.55. The Morgan fingerprint density at radius 2 is 1.79 bits per heavy atom. The van der Waals surface area contributed by atoms with Crippen molar-refractivity contribution in [3.63, 3.8) is 0 Å². The third-order valence-electron chi connectivity index (χ3n) is 7.24. The van der Waals surface area contributed by atoms with Crippen molar-refractivity contribution in [2.75, 3.05) is 37.8 Å². The fourth-order valence-corrected chi connectivity index (χ4v) is 7.95. The van der Waals surface area contributed by atoms with E-state index < -0.39 is 78.6 Å². The number of hydrogen-bond acceptors (Lipinski definition) is 17. The highest BCUT2D eigenvalue weighted by atomic mass is 32.2. The van der Waals surface area contributed by atoms with Crippen LogP contribution in [-0.4, -0.2) is 118 Å². The number of nitrogens with zero attached hydrogens (tertiary/aromatic N) is 4. The van der Waals surface area contributed by atoms with E-state index in [2.05, 4.69) is 34.4 Å².